The maximum atomic E-state index is 12.8. The number of ether oxygens (including phenoxy) is 1. The van der Waals surface area contributed by atoms with E-state index in [0.717, 1.165) is 25.0 Å². The molecule has 1 heterocycles. The molecule has 1 fully saturated rings. The smallest absolute Gasteiger partial charge is 0.376 e. The zero-order chi connectivity index (χ0) is 21.6. The van der Waals surface area contributed by atoms with Crippen LogP contribution in [0.4, 0.5) is 24.5 Å². The molecule has 9 heteroatoms. The van der Waals surface area contributed by atoms with E-state index in [2.05, 4.69) is 16.0 Å². The number of nitrogens with one attached hydrogen (secondary N) is 3. The number of halogens is 3. The van der Waals surface area contributed by atoms with Crippen LogP contribution in [-0.4, -0.2) is 37.6 Å². The first-order chi connectivity index (χ1) is 14.3. The summed E-state index contributed by atoms with van der Waals surface area (Å²) in [6.07, 6.45) is -2.52. The van der Waals surface area contributed by atoms with Gasteiger partial charge in [0.25, 0.3) is 5.91 Å². The third-order valence-electron chi connectivity index (χ3n) is 4.58. The fourth-order valence-electron chi connectivity index (χ4n) is 3.02. The van der Waals surface area contributed by atoms with Crippen molar-refractivity contribution in [1.82, 2.24) is 5.32 Å². The molecule has 3 rings (SSSR count). The van der Waals surface area contributed by atoms with E-state index >= 15 is 0 Å². The highest BCUT2D eigenvalue weighted by Gasteiger charge is 2.30. The summed E-state index contributed by atoms with van der Waals surface area (Å²) < 4.78 is 43.9. The van der Waals surface area contributed by atoms with Crippen LogP contribution in [0.2, 0.25) is 0 Å². The van der Waals surface area contributed by atoms with Crippen molar-refractivity contribution in [1.29, 1.82) is 0 Å². The SMILES string of the molecule is O=C(CNc1cccc(C(=O)Nc2cccc(C(F)(F)F)c2)c1)NCC1CCCO1. The number of alkyl halides is 3. The Morgan fingerprint density at radius 1 is 1.07 bits per heavy atom. The molecule has 1 unspecified atom stereocenters. The van der Waals surface area contributed by atoms with Crippen molar-refractivity contribution in [3.05, 3.63) is 59.7 Å². The molecule has 0 aliphatic carbocycles. The Labute approximate surface area is 171 Å². The number of rotatable bonds is 7. The van der Waals surface area contributed by atoms with E-state index in [1.807, 2.05) is 0 Å². The Bertz CT molecular complexity index is 896. The molecule has 0 radical (unpaired) electrons. The third-order valence-corrected chi connectivity index (χ3v) is 4.58. The molecule has 0 saturated carbocycles. The molecule has 0 bridgehead atoms. The molecular formula is C21H22F3N3O3. The second-order valence-electron chi connectivity index (χ2n) is 6.91. The first-order valence-electron chi connectivity index (χ1n) is 9.52. The number of hydrogen-bond acceptors (Lipinski definition) is 4. The van der Waals surface area contributed by atoms with Gasteiger partial charge in [0.15, 0.2) is 0 Å². The van der Waals surface area contributed by atoms with Crippen LogP contribution in [0.3, 0.4) is 0 Å². The van der Waals surface area contributed by atoms with Crippen LogP contribution in [0.1, 0.15) is 28.8 Å². The molecule has 1 atom stereocenters. The molecule has 2 aromatic rings. The lowest BCUT2D eigenvalue weighted by Gasteiger charge is -2.12. The van der Waals surface area contributed by atoms with Crippen LogP contribution in [0, 0.1) is 0 Å². The van der Waals surface area contributed by atoms with Gasteiger partial charge in [0.05, 0.1) is 18.2 Å². The van der Waals surface area contributed by atoms with E-state index in [1.165, 1.54) is 24.3 Å². The maximum Gasteiger partial charge on any atom is 0.416 e. The van der Waals surface area contributed by atoms with E-state index in [4.69, 9.17) is 4.74 Å². The Morgan fingerprint density at radius 3 is 2.57 bits per heavy atom. The standard InChI is InChI=1S/C21H22F3N3O3/c22-21(23,24)15-5-2-7-17(11-15)27-20(29)14-4-1-6-16(10-14)25-13-19(28)26-12-18-8-3-9-30-18/h1-2,4-7,10-11,18,25H,3,8-9,12-13H2,(H,26,28)(H,27,29). The lowest BCUT2D eigenvalue weighted by Crippen LogP contribution is -2.35. The topological polar surface area (TPSA) is 79.5 Å². The van der Waals surface area contributed by atoms with Crippen molar-refractivity contribution < 1.29 is 27.5 Å². The second kappa shape index (κ2) is 9.62. The predicted octanol–water partition coefficient (Wildman–Crippen LogP) is 3.66. The molecule has 6 nitrogen and oxygen atoms in total. The van der Waals surface area contributed by atoms with Gasteiger partial charge in [0.1, 0.15) is 0 Å². The molecular weight excluding hydrogens is 399 g/mol. The highest BCUT2D eigenvalue weighted by atomic mass is 19.4. The summed E-state index contributed by atoms with van der Waals surface area (Å²) in [6.45, 7) is 1.19. The largest absolute Gasteiger partial charge is 0.416 e. The predicted molar refractivity (Wildman–Crippen MR) is 106 cm³/mol. The third kappa shape index (κ3) is 6.21. The van der Waals surface area contributed by atoms with E-state index < -0.39 is 17.6 Å². The minimum atomic E-state index is -4.49. The Kier molecular flexibility index (Phi) is 6.94. The Hall–Kier alpha value is -3.07. The highest BCUT2D eigenvalue weighted by molar-refractivity contribution is 6.04. The molecule has 3 N–H and O–H groups in total. The van der Waals surface area contributed by atoms with Gasteiger partial charge in [-0.2, -0.15) is 13.2 Å². The molecule has 2 amide bonds. The van der Waals surface area contributed by atoms with Crippen LogP contribution in [-0.2, 0) is 15.7 Å². The summed E-state index contributed by atoms with van der Waals surface area (Å²) in [7, 11) is 0. The van der Waals surface area contributed by atoms with Crippen molar-refractivity contribution in [2.45, 2.75) is 25.1 Å². The fraction of sp³-hybridized carbons (Fsp3) is 0.333. The van der Waals surface area contributed by atoms with Gasteiger partial charge < -0.3 is 20.7 Å². The summed E-state index contributed by atoms with van der Waals surface area (Å²) >= 11 is 0. The van der Waals surface area contributed by atoms with Crippen molar-refractivity contribution in [2.75, 3.05) is 30.3 Å². The zero-order valence-corrected chi connectivity index (χ0v) is 16.1. The Morgan fingerprint density at radius 2 is 1.83 bits per heavy atom. The summed E-state index contributed by atoms with van der Waals surface area (Å²) in [5, 5.41) is 8.17. The summed E-state index contributed by atoms with van der Waals surface area (Å²) in [5.41, 5.74) is -0.0115. The van der Waals surface area contributed by atoms with E-state index in [0.29, 0.717) is 18.8 Å². The van der Waals surface area contributed by atoms with Crippen LogP contribution in [0.25, 0.3) is 0 Å². The summed E-state index contributed by atoms with van der Waals surface area (Å²) in [6, 6.07) is 10.8. The number of anilines is 2. The molecule has 1 aliphatic rings. The fourth-order valence-corrected chi connectivity index (χ4v) is 3.02. The van der Waals surface area contributed by atoms with Crippen molar-refractivity contribution in [2.24, 2.45) is 0 Å². The average molecular weight is 421 g/mol. The van der Waals surface area contributed by atoms with Gasteiger partial charge in [-0.25, -0.2) is 0 Å². The maximum absolute atomic E-state index is 12.8. The quantitative estimate of drug-likeness (QED) is 0.638. The number of carbonyl (C=O) groups excluding carboxylic acids is 2. The number of benzene rings is 2. The minimum absolute atomic E-state index is 0.0193. The average Bonchev–Trinajstić information content (AvgIpc) is 3.24. The molecule has 30 heavy (non-hydrogen) atoms. The molecule has 1 saturated heterocycles. The van der Waals surface area contributed by atoms with Gasteiger partial charge in [-0.1, -0.05) is 12.1 Å². The van der Waals surface area contributed by atoms with Crippen molar-refractivity contribution >= 4 is 23.2 Å². The number of carbonyl (C=O) groups is 2. The van der Waals surface area contributed by atoms with Crippen molar-refractivity contribution in [3.63, 3.8) is 0 Å². The van der Waals surface area contributed by atoms with Crippen LogP contribution >= 0.6 is 0 Å². The number of hydrogen-bond donors (Lipinski definition) is 3. The first-order valence-corrected chi connectivity index (χ1v) is 9.52. The highest BCUT2D eigenvalue weighted by Crippen LogP contribution is 2.30. The van der Waals surface area contributed by atoms with E-state index in [1.54, 1.807) is 12.1 Å². The lowest BCUT2D eigenvalue weighted by molar-refractivity contribution is -0.137. The molecule has 1 aliphatic heterocycles. The summed E-state index contributed by atoms with van der Waals surface area (Å²) in [5.74, 6) is -0.759. The van der Waals surface area contributed by atoms with E-state index in [9.17, 15) is 22.8 Å². The van der Waals surface area contributed by atoms with Crippen LogP contribution < -0.4 is 16.0 Å². The van der Waals surface area contributed by atoms with Gasteiger partial charge in [0.2, 0.25) is 5.91 Å². The molecule has 2 aromatic carbocycles. The first kappa shape index (κ1) is 21.6. The molecule has 0 spiro atoms. The monoisotopic (exact) mass is 421 g/mol. The van der Waals surface area contributed by atoms with Gasteiger partial charge in [-0.3, -0.25) is 9.59 Å². The van der Waals surface area contributed by atoms with Gasteiger partial charge in [-0.05, 0) is 49.2 Å². The summed E-state index contributed by atoms with van der Waals surface area (Å²) in [4.78, 5) is 24.3. The van der Waals surface area contributed by atoms with Gasteiger partial charge in [0, 0.05) is 30.1 Å². The van der Waals surface area contributed by atoms with Gasteiger partial charge in [-0.15, -0.1) is 0 Å². The zero-order valence-electron chi connectivity index (χ0n) is 16.1. The Balaban J connectivity index is 1.54. The number of amides is 2. The van der Waals surface area contributed by atoms with Crippen LogP contribution in [0.15, 0.2) is 48.5 Å². The second-order valence-corrected chi connectivity index (χ2v) is 6.91. The normalized spacial score (nSPS) is 16.2. The molecule has 160 valence electrons. The van der Waals surface area contributed by atoms with E-state index in [-0.39, 0.29) is 29.8 Å². The molecule has 0 aromatic heterocycles. The minimum Gasteiger partial charge on any atom is -0.376 e. The lowest BCUT2D eigenvalue weighted by atomic mass is 10.1. The van der Waals surface area contributed by atoms with Gasteiger partial charge >= 0.3 is 6.18 Å². The van der Waals surface area contributed by atoms with Crippen LogP contribution in [0.5, 0.6) is 0 Å². The van der Waals surface area contributed by atoms with Crippen molar-refractivity contribution in [3.8, 4) is 0 Å².